The molecule has 0 aliphatic carbocycles. The molecular formula is C13H10ClNO2. The maximum Gasteiger partial charge on any atom is 0.335 e. The van der Waals surface area contributed by atoms with Gasteiger partial charge in [-0.05, 0) is 48.5 Å². The summed E-state index contributed by atoms with van der Waals surface area (Å²) in [6.45, 7) is 0. The highest BCUT2D eigenvalue weighted by Crippen LogP contribution is 2.19. The fourth-order valence-electron chi connectivity index (χ4n) is 1.40. The van der Waals surface area contributed by atoms with Gasteiger partial charge in [0.15, 0.2) is 0 Å². The van der Waals surface area contributed by atoms with Gasteiger partial charge in [0.1, 0.15) is 0 Å². The number of carboxylic acids is 1. The summed E-state index contributed by atoms with van der Waals surface area (Å²) in [6, 6.07) is 13.8. The maximum absolute atomic E-state index is 10.7. The molecule has 3 nitrogen and oxygen atoms in total. The number of hydrogen-bond donors (Lipinski definition) is 2. The highest BCUT2D eigenvalue weighted by atomic mass is 35.5. The summed E-state index contributed by atoms with van der Waals surface area (Å²) >= 11 is 5.78. The van der Waals surface area contributed by atoms with Crippen LogP contribution in [0.2, 0.25) is 5.02 Å². The Labute approximate surface area is 104 Å². The van der Waals surface area contributed by atoms with E-state index >= 15 is 0 Å². The second-order valence-electron chi connectivity index (χ2n) is 3.51. The van der Waals surface area contributed by atoms with E-state index in [0.717, 1.165) is 11.4 Å². The quantitative estimate of drug-likeness (QED) is 0.868. The number of aromatic carboxylic acids is 1. The highest BCUT2D eigenvalue weighted by molar-refractivity contribution is 6.30. The Morgan fingerprint density at radius 1 is 0.941 bits per heavy atom. The van der Waals surface area contributed by atoms with E-state index in [1.807, 2.05) is 12.1 Å². The fourth-order valence-corrected chi connectivity index (χ4v) is 1.52. The molecule has 17 heavy (non-hydrogen) atoms. The molecule has 2 aromatic carbocycles. The molecule has 86 valence electrons. The first-order valence-electron chi connectivity index (χ1n) is 5.01. The summed E-state index contributed by atoms with van der Waals surface area (Å²) in [5.41, 5.74) is 2.00. The van der Waals surface area contributed by atoms with Crippen LogP contribution < -0.4 is 5.32 Å². The number of halogens is 1. The smallest absolute Gasteiger partial charge is 0.335 e. The van der Waals surface area contributed by atoms with Gasteiger partial charge in [0.05, 0.1) is 5.56 Å². The number of hydrogen-bond acceptors (Lipinski definition) is 2. The van der Waals surface area contributed by atoms with Crippen LogP contribution in [0.1, 0.15) is 10.4 Å². The van der Waals surface area contributed by atoms with E-state index in [2.05, 4.69) is 5.32 Å². The minimum atomic E-state index is -0.928. The number of carboxylic acid groups (broad SMARTS) is 1. The average Bonchev–Trinajstić information content (AvgIpc) is 2.33. The van der Waals surface area contributed by atoms with E-state index in [-0.39, 0.29) is 5.56 Å². The van der Waals surface area contributed by atoms with Crippen LogP contribution in [0.15, 0.2) is 48.5 Å². The number of benzene rings is 2. The van der Waals surface area contributed by atoms with E-state index in [1.54, 1.807) is 36.4 Å². The van der Waals surface area contributed by atoms with E-state index in [4.69, 9.17) is 16.7 Å². The Hall–Kier alpha value is -2.00. The van der Waals surface area contributed by atoms with Gasteiger partial charge in [-0.25, -0.2) is 4.79 Å². The minimum absolute atomic E-state index is 0.270. The molecule has 0 aliphatic heterocycles. The molecule has 2 N–H and O–H groups in total. The zero-order valence-corrected chi connectivity index (χ0v) is 9.61. The lowest BCUT2D eigenvalue weighted by Gasteiger charge is -2.06. The molecule has 0 amide bonds. The van der Waals surface area contributed by atoms with Crippen molar-refractivity contribution in [2.75, 3.05) is 5.32 Å². The van der Waals surface area contributed by atoms with Gasteiger partial charge in [-0.3, -0.25) is 0 Å². The third-order valence-corrected chi connectivity index (χ3v) is 2.52. The Morgan fingerprint density at radius 3 is 1.88 bits per heavy atom. The van der Waals surface area contributed by atoms with Crippen molar-refractivity contribution in [3.05, 3.63) is 59.1 Å². The summed E-state index contributed by atoms with van der Waals surface area (Å²) in [5.74, 6) is -0.928. The van der Waals surface area contributed by atoms with Crippen LogP contribution >= 0.6 is 11.6 Å². The van der Waals surface area contributed by atoms with Gasteiger partial charge in [0, 0.05) is 16.4 Å². The minimum Gasteiger partial charge on any atom is -0.478 e. The molecule has 0 heterocycles. The third-order valence-electron chi connectivity index (χ3n) is 2.26. The molecule has 0 radical (unpaired) electrons. The molecule has 4 heteroatoms. The molecule has 0 saturated carbocycles. The first-order valence-corrected chi connectivity index (χ1v) is 5.39. The SMILES string of the molecule is O=C(O)c1ccc(Nc2ccc(Cl)cc2)cc1. The Morgan fingerprint density at radius 2 is 1.41 bits per heavy atom. The summed E-state index contributed by atoms with van der Waals surface area (Å²) in [6.07, 6.45) is 0. The third kappa shape index (κ3) is 2.98. The van der Waals surface area contributed by atoms with Crippen LogP contribution in [0.4, 0.5) is 11.4 Å². The van der Waals surface area contributed by atoms with Gasteiger partial charge in [0.2, 0.25) is 0 Å². The van der Waals surface area contributed by atoms with E-state index < -0.39 is 5.97 Å². The summed E-state index contributed by atoms with van der Waals surface area (Å²) in [7, 11) is 0. The molecule has 2 aromatic rings. The number of anilines is 2. The van der Waals surface area contributed by atoms with Gasteiger partial charge in [-0.2, -0.15) is 0 Å². The Bertz CT molecular complexity index is 520. The monoisotopic (exact) mass is 247 g/mol. The Kier molecular flexibility index (Phi) is 3.30. The molecule has 0 unspecified atom stereocenters. The van der Waals surface area contributed by atoms with Crippen LogP contribution in [-0.4, -0.2) is 11.1 Å². The van der Waals surface area contributed by atoms with Gasteiger partial charge in [-0.1, -0.05) is 11.6 Å². The first-order chi connectivity index (χ1) is 8.15. The van der Waals surface area contributed by atoms with Crippen molar-refractivity contribution >= 4 is 28.9 Å². The molecule has 2 rings (SSSR count). The predicted octanol–water partition coefficient (Wildman–Crippen LogP) is 3.78. The zero-order chi connectivity index (χ0) is 12.3. The van der Waals surface area contributed by atoms with Crippen molar-refractivity contribution in [1.82, 2.24) is 0 Å². The molecule has 0 atom stereocenters. The predicted molar refractivity (Wildman–Crippen MR) is 68.1 cm³/mol. The van der Waals surface area contributed by atoms with Crippen molar-refractivity contribution in [3.8, 4) is 0 Å². The average molecular weight is 248 g/mol. The molecule has 0 saturated heterocycles. The zero-order valence-electron chi connectivity index (χ0n) is 8.85. The number of carbonyl (C=O) groups is 1. The van der Waals surface area contributed by atoms with Crippen LogP contribution in [0, 0.1) is 0 Å². The lowest BCUT2D eigenvalue weighted by molar-refractivity contribution is 0.0697. The molecule has 0 aliphatic rings. The lowest BCUT2D eigenvalue weighted by atomic mass is 10.2. The van der Waals surface area contributed by atoms with Crippen LogP contribution in [0.5, 0.6) is 0 Å². The van der Waals surface area contributed by atoms with E-state index in [1.165, 1.54) is 0 Å². The maximum atomic E-state index is 10.7. The molecule has 0 spiro atoms. The van der Waals surface area contributed by atoms with Gasteiger partial charge >= 0.3 is 5.97 Å². The van der Waals surface area contributed by atoms with Crippen LogP contribution in [-0.2, 0) is 0 Å². The number of nitrogens with one attached hydrogen (secondary N) is 1. The van der Waals surface area contributed by atoms with Crippen LogP contribution in [0.25, 0.3) is 0 Å². The van der Waals surface area contributed by atoms with Gasteiger partial charge < -0.3 is 10.4 Å². The van der Waals surface area contributed by atoms with Crippen molar-refractivity contribution < 1.29 is 9.90 Å². The standard InChI is InChI=1S/C13H10ClNO2/c14-10-3-7-12(8-4-10)15-11-5-1-9(2-6-11)13(16)17/h1-8,15H,(H,16,17). The lowest BCUT2D eigenvalue weighted by Crippen LogP contribution is -1.96. The van der Waals surface area contributed by atoms with Crippen LogP contribution in [0.3, 0.4) is 0 Å². The molecule has 0 aromatic heterocycles. The Balaban J connectivity index is 2.13. The van der Waals surface area contributed by atoms with Crippen molar-refractivity contribution in [2.45, 2.75) is 0 Å². The van der Waals surface area contributed by atoms with Crippen molar-refractivity contribution in [2.24, 2.45) is 0 Å². The topological polar surface area (TPSA) is 49.3 Å². The fraction of sp³-hybridized carbons (Fsp3) is 0. The van der Waals surface area contributed by atoms with Crippen molar-refractivity contribution in [1.29, 1.82) is 0 Å². The van der Waals surface area contributed by atoms with Gasteiger partial charge in [0.25, 0.3) is 0 Å². The second-order valence-corrected chi connectivity index (χ2v) is 3.95. The number of rotatable bonds is 3. The highest BCUT2D eigenvalue weighted by Gasteiger charge is 2.01. The summed E-state index contributed by atoms with van der Waals surface area (Å²) < 4.78 is 0. The first kappa shape index (κ1) is 11.5. The second kappa shape index (κ2) is 4.89. The normalized spacial score (nSPS) is 9.94. The largest absolute Gasteiger partial charge is 0.478 e. The van der Waals surface area contributed by atoms with E-state index in [9.17, 15) is 4.79 Å². The summed E-state index contributed by atoms with van der Waals surface area (Å²) in [5, 5.41) is 12.6. The van der Waals surface area contributed by atoms with E-state index in [0.29, 0.717) is 5.02 Å². The molecular weight excluding hydrogens is 238 g/mol. The summed E-state index contributed by atoms with van der Waals surface area (Å²) in [4.78, 5) is 10.7. The molecule has 0 bridgehead atoms. The van der Waals surface area contributed by atoms with Crippen molar-refractivity contribution in [3.63, 3.8) is 0 Å². The van der Waals surface area contributed by atoms with Gasteiger partial charge in [-0.15, -0.1) is 0 Å². The molecule has 0 fully saturated rings.